The van der Waals surface area contributed by atoms with Crippen molar-refractivity contribution in [2.75, 3.05) is 11.9 Å². The molecule has 2 rings (SSSR count). The van der Waals surface area contributed by atoms with Crippen molar-refractivity contribution < 1.29 is 0 Å². The van der Waals surface area contributed by atoms with Gasteiger partial charge < -0.3 is 5.32 Å². The van der Waals surface area contributed by atoms with Crippen molar-refractivity contribution in [2.24, 2.45) is 0 Å². The molecule has 88 valence electrons. The molecule has 0 unspecified atom stereocenters. The van der Waals surface area contributed by atoms with Crippen LogP contribution in [0.15, 0.2) is 35.1 Å². The van der Waals surface area contributed by atoms with Gasteiger partial charge in [0.05, 0.1) is 0 Å². The Bertz CT molecular complexity index is 509. The standard InChI is InChI=1S/C13H14BrN3/c1-3-15-13-16-7-10(8-17-13)12-6-11(14)5-4-9(12)2/h4-8H,3H2,1-2H3,(H,15,16,17). The van der Waals surface area contributed by atoms with Crippen molar-refractivity contribution in [2.45, 2.75) is 13.8 Å². The first-order valence-corrected chi connectivity index (χ1v) is 6.32. The van der Waals surface area contributed by atoms with E-state index in [4.69, 9.17) is 0 Å². The van der Waals surface area contributed by atoms with Crippen molar-refractivity contribution in [3.63, 3.8) is 0 Å². The smallest absolute Gasteiger partial charge is 0.222 e. The van der Waals surface area contributed by atoms with Crippen LogP contribution >= 0.6 is 15.9 Å². The lowest BCUT2D eigenvalue weighted by molar-refractivity contribution is 1.09. The van der Waals surface area contributed by atoms with Gasteiger partial charge in [0.25, 0.3) is 0 Å². The van der Waals surface area contributed by atoms with Crippen LogP contribution in [0.3, 0.4) is 0 Å². The molecular formula is C13H14BrN3. The number of hydrogen-bond donors (Lipinski definition) is 1. The molecule has 0 fully saturated rings. The van der Waals surface area contributed by atoms with Crippen LogP contribution in [-0.2, 0) is 0 Å². The number of benzene rings is 1. The highest BCUT2D eigenvalue weighted by Crippen LogP contribution is 2.25. The van der Waals surface area contributed by atoms with Crippen LogP contribution in [0.4, 0.5) is 5.95 Å². The monoisotopic (exact) mass is 291 g/mol. The van der Waals surface area contributed by atoms with Crippen molar-refractivity contribution in [1.29, 1.82) is 0 Å². The van der Waals surface area contributed by atoms with E-state index in [2.05, 4.69) is 50.3 Å². The first-order valence-electron chi connectivity index (χ1n) is 5.53. The third-order valence-electron chi connectivity index (χ3n) is 2.50. The summed E-state index contributed by atoms with van der Waals surface area (Å²) in [6, 6.07) is 6.20. The number of rotatable bonds is 3. The number of anilines is 1. The van der Waals surface area contributed by atoms with E-state index in [0.717, 1.165) is 22.1 Å². The van der Waals surface area contributed by atoms with Gasteiger partial charge in [-0.1, -0.05) is 22.0 Å². The summed E-state index contributed by atoms with van der Waals surface area (Å²) in [5, 5.41) is 3.08. The van der Waals surface area contributed by atoms with Crippen LogP contribution in [0.1, 0.15) is 12.5 Å². The van der Waals surface area contributed by atoms with Crippen molar-refractivity contribution >= 4 is 21.9 Å². The van der Waals surface area contributed by atoms with Crippen molar-refractivity contribution in [3.05, 3.63) is 40.6 Å². The zero-order valence-electron chi connectivity index (χ0n) is 9.87. The molecule has 2 aromatic rings. The Kier molecular flexibility index (Phi) is 3.74. The Hall–Kier alpha value is -1.42. The molecule has 1 aromatic heterocycles. The van der Waals surface area contributed by atoms with E-state index >= 15 is 0 Å². The molecule has 1 N–H and O–H groups in total. The van der Waals surface area contributed by atoms with Gasteiger partial charge in [-0.15, -0.1) is 0 Å². The predicted octanol–water partition coefficient (Wildman–Crippen LogP) is 3.65. The maximum absolute atomic E-state index is 4.28. The normalized spacial score (nSPS) is 10.3. The Labute approximate surface area is 109 Å². The molecule has 17 heavy (non-hydrogen) atoms. The zero-order chi connectivity index (χ0) is 12.3. The van der Waals surface area contributed by atoms with E-state index in [1.165, 1.54) is 5.56 Å². The Morgan fingerprint density at radius 1 is 1.24 bits per heavy atom. The summed E-state index contributed by atoms with van der Waals surface area (Å²) in [5.41, 5.74) is 3.40. The minimum atomic E-state index is 0.670. The molecular weight excluding hydrogens is 278 g/mol. The van der Waals surface area contributed by atoms with Gasteiger partial charge in [0, 0.05) is 29.0 Å². The van der Waals surface area contributed by atoms with Gasteiger partial charge in [-0.3, -0.25) is 0 Å². The van der Waals surface area contributed by atoms with Gasteiger partial charge in [0.1, 0.15) is 0 Å². The SMILES string of the molecule is CCNc1ncc(-c2cc(Br)ccc2C)cn1. The van der Waals surface area contributed by atoms with Crippen LogP contribution in [-0.4, -0.2) is 16.5 Å². The highest BCUT2D eigenvalue weighted by Gasteiger charge is 2.04. The lowest BCUT2D eigenvalue weighted by Gasteiger charge is -2.07. The second kappa shape index (κ2) is 5.27. The fourth-order valence-corrected chi connectivity index (χ4v) is 1.98. The van der Waals surface area contributed by atoms with Crippen molar-refractivity contribution in [3.8, 4) is 11.1 Å². The highest BCUT2D eigenvalue weighted by molar-refractivity contribution is 9.10. The summed E-state index contributed by atoms with van der Waals surface area (Å²) in [6.07, 6.45) is 3.69. The Balaban J connectivity index is 2.36. The van der Waals surface area contributed by atoms with E-state index < -0.39 is 0 Å². The average molecular weight is 292 g/mol. The third-order valence-corrected chi connectivity index (χ3v) is 2.99. The molecule has 3 nitrogen and oxygen atoms in total. The molecule has 0 atom stereocenters. The number of aryl methyl sites for hydroxylation is 1. The summed E-state index contributed by atoms with van der Waals surface area (Å²) in [7, 11) is 0. The summed E-state index contributed by atoms with van der Waals surface area (Å²) in [6.45, 7) is 4.94. The van der Waals surface area contributed by atoms with Crippen LogP contribution in [0.25, 0.3) is 11.1 Å². The minimum Gasteiger partial charge on any atom is -0.355 e. The maximum atomic E-state index is 4.28. The second-order valence-electron chi connectivity index (χ2n) is 3.78. The number of nitrogens with one attached hydrogen (secondary N) is 1. The number of halogens is 1. The van der Waals surface area contributed by atoms with Gasteiger partial charge in [-0.2, -0.15) is 0 Å². The Morgan fingerprint density at radius 3 is 2.59 bits per heavy atom. The second-order valence-corrected chi connectivity index (χ2v) is 4.70. The summed E-state index contributed by atoms with van der Waals surface area (Å²) < 4.78 is 1.06. The molecule has 4 heteroatoms. The lowest BCUT2D eigenvalue weighted by atomic mass is 10.0. The van der Waals surface area contributed by atoms with Crippen LogP contribution in [0.5, 0.6) is 0 Å². The molecule has 1 aromatic carbocycles. The van der Waals surface area contributed by atoms with Crippen LogP contribution < -0.4 is 5.32 Å². The van der Waals surface area contributed by atoms with Gasteiger partial charge in [-0.25, -0.2) is 9.97 Å². The van der Waals surface area contributed by atoms with E-state index in [9.17, 15) is 0 Å². The summed E-state index contributed by atoms with van der Waals surface area (Å²) in [5.74, 6) is 0.670. The lowest BCUT2D eigenvalue weighted by Crippen LogP contribution is -2.01. The summed E-state index contributed by atoms with van der Waals surface area (Å²) >= 11 is 3.48. The molecule has 0 radical (unpaired) electrons. The zero-order valence-corrected chi connectivity index (χ0v) is 11.5. The molecule has 0 aliphatic heterocycles. The molecule has 0 aliphatic carbocycles. The third kappa shape index (κ3) is 2.82. The molecule has 0 bridgehead atoms. The molecule has 0 amide bonds. The molecule has 0 spiro atoms. The first-order chi connectivity index (χ1) is 8.20. The molecule has 1 heterocycles. The van der Waals surface area contributed by atoms with Crippen molar-refractivity contribution in [1.82, 2.24) is 9.97 Å². The average Bonchev–Trinajstić information content (AvgIpc) is 2.34. The van der Waals surface area contributed by atoms with Gasteiger partial charge in [0.15, 0.2) is 0 Å². The van der Waals surface area contributed by atoms with E-state index in [-0.39, 0.29) is 0 Å². The molecule has 0 saturated heterocycles. The highest BCUT2D eigenvalue weighted by atomic mass is 79.9. The fraction of sp³-hybridized carbons (Fsp3) is 0.231. The largest absolute Gasteiger partial charge is 0.355 e. The Morgan fingerprint density at radius 2 is 1.94 bits per heavy atom. The van der Waals surface area contributed by atoms with Crippen LogP contribution in [0.2, 0.25) is 0 Å². The quantitative estimate of drug-likeness (QED) is 0.938. The van der Waals surface area contributed by atoms with E-state index in [1.807, 2.05) is 25.4 Å². The van der Waals surface area contributed by atoms with E-state index in [1.54, 1.807) is 0 Å². The molecule has 0 aliphatic rings. The maximum Gasteiger partial charge on any atom is 0.222 e. The van der Waals surface area contributed by atoms with Gasteiger partial charge in [0.2, 0.25) is 5.95 Å². The predicted molar refractivity (Wildman–Crippen MR) is 74.1 cm³/mol. The topological polar surface area (TPSA) is 37.8 Å². The number of nitrogens with zero attached hydrogens (tertiary/aromatic N) is 2. The number of aromatic nitrogens is 2. The fourth-order valence-electron chi connectivity index (χ4n) is 1.62. The van der Waals surface area contributed by atoms with Gasteiger partial charge >= 0.3 is 0 Å². The first kappa shape index (κ1) is 12.0. The van der Waals surface area contributed by atoms with Crippen LogP contribution in [0, 0.1) is 6.92 Å². The number of hydrogen-bond acceptors (Lipinski definition) is 3. The minimum absolute atomic E-state index is 0.670. The molecule has 0 saturated carbocycles. The van der Waals surface area contributed by atoms with Gasteiger partial charge in [-0.05, 0) is 37.1 Å². The summed E-state index contributed by atoms with van der Waals surface area (Å²) in [4.78, 5) is 8.56. The van der Waals surface area contributed by atoms with E-state index in [0.29, 0.717) is 5.95 Å².